The first-order valence-electron chi connectivity index (χ1n) is 5.05. The van der Waals surface area contributed by atoms with Crippen molar-refractivity contribution in [1.29, 1.82) is 0 Å². The molecular weight excluding hydrogens is 200 g/mol. The van der Waals surface area contributed by atoms with Crippen LogP contribution in [0, 0.1) is 6.92 Å². The lowest BCUT2D eigenvalue weighted by Gasteiger charge is -2.10. The summed E-state index contributed by atoms with van der Waals surface area (Å²) in [4.78, 5) is 0. The quantitative estimate of drug-likeness (QED) is 0.755. The van der Waals surface area contributed by atoms with Crippen molar-refractivity contribution in [2.45, 2.75) is 6.92 Å². The lowest BCUT2D eigenvalue weighted by atomic mass is 10.2. The van der Waals surface area contributed by atoms with E-state index < -0.39 is 0 Å². The predicted molar refractivity (Wildman–Crippen MR) is 66.5 cm³/mol. The van der Waals surface area contributed by atoms with Gasteiger partial charge in [0.25, 0.3) is 0 Å². The monoisotopic (exact) mass is 214 g/mol. The second-order valence-corrected chi connectivity index (χ2v) is 3.66. The molecule has 0 heterocycles. The number of hydrogen-bond acceptors (Lipinski definition) is 3. The van der Waals surface area contributed by atoms with Gasteiger partial charge in [0.1, 0.15) is 11.5 Å². The molecule has 0 unspecified atom stereocenters. The minimum atomic E-state index is 0.624. The van der Waals surface area contributed by atoms with Crippen LogP contribution in [0.15, 0.2) is 42.5 Å². The summed E-state index contributed by atoms with van der Waals surface area (Å²) in [6.45, 7) is 1.95. The molecule has 4 N–H and O–H groups in total. The van der Waals surface area contributed by atoms with E-state index in [0.717, 1.165) is 17.0 Å². The Bertz CT molecular complexity index is 509. The smallest absolute Gasteiger partial charge is 0.150 e. The van der Waals surface area contributed by atoms with Crippen LogP contribution in [0.1, 0.15) is 5.56 Å². The molecule has 0 saturated carbocycles. The molecule has 3 nitrogen and oxygen atoms in total. The van der Waals surface area contributed by atoms with Gasteiger partial charge in [-0.1, -0.05) is 12.1 Å². The number of ether oxygens (including phenoxy) is 1. The number of nitrogen functional groups attached to an aromatic ring is 2. The highest BCUT2D eigenvalue weighted by atomic mass is 16.5. The van der Waals surface area contributed by atoms with Gasteiger partial charge in [-0.2, -0.15) is 0 Å². The van der Waals surface area contributed by atoms with Crippen molar-refractivity contribution < 1.29 is 4.74 Å². The highest BCUT2D eigenvalue weighted by molar-refractivity contribution is 5.55. The number of anilines is 2. The molecule has 2 rings (SSSR count). The molecule has 0 saturated heterocycles. The van der Waals surface area contributed by atoms with E-state index in [4.69, 9.17) is 16.2 Å². The third kappa shape index (κ3) is 2.08. The maximum atomic E-state index is 5.80. The molecule has 82 valence electrons. The number of nitrogens with two attached hydrogens (primary N) is 2. The Kier molecular flexibility index (Phi) is 2.68. The molecule has 3 heteroatoms. The molecule has 2 aromatic carbocycles. The zero-order valence-electron chi connectivity index (χ0n) is 9.10. The number of benzene rings is 2. The molecule has 0 aliphatic heterocycles. The van der Waals surface area contributed by atoms with Crippen LogP contribution in [0.4, 0.5) is 11.4 Å². The highest BCUT2D eigenvalue weighted by Gasteiger charge is 2.03. The fraction of sp³-hybridized carbons (Fsp3) is 0.0769. The molecule has 0 spiro atoms. The maximum absolute atomic E-state index is 5.80. The molecule has 0 fully saturated rings. The Morgan fingerprint density at radius 2 is 1.69 bits per heavy atom. The van der Waals surface area contributed by atoms with Gasteiger partial charge in [0, 0.05) is 5.69 Å². The predicted octanol–water partition coefficient (Wildman–Crippen LogP) is 2.95. The van der Waals surface area contributed by atoms with E-state index in [-0.39, 0.29) is 0 Å². The summed E-state index contributed by atoms with van der Waals surface area (Å²) in [6.07, 6.45) is 0. The first-order chi connectivity index (χ1) is 7.66. The summed E-state index contributed by atoms with van der Waals surface area (Å²) >= 11 is 0. The van der Waals surface area contributed by atoms with Gasteiger partial charge in [0.2, 0.25) is 0 Å². The molecule has 16 heavy (non-hydrogen) atoms. The van der Waals surface area contributed by atoms with Gasteiger partial charge < -0.3 is 16.2 Å². The van der Waals surface area contributed by atoms with Crippen LogP contribution < -0.4 is 16.2 Å². The van der Waals surface area contributed by atoms with Crippen molar-refractivity contribution in [3.63, 3.8) is 0 Å². The molecule has 2 aromatic rings. The molecule has 0 amide bonds. The van der Waals surface area contributed by atoms with Crippen LogP contribution in [0.3, 0.4) is 0 Å². The van der Waals surface area contributed by atoms with Gasteiger partial charge in [-0.05, 0) is 42.8 Å². The second-order valence-electron chi connectivity index (χ2n) is 3.66. The molecule has 0 aromatic heterocycles. The lowest BCUT2D eigenvalue weighted by molar-refractivity contribution is 0.481. The third-order valence-corrected chi connectivity index (χ3v) is 2.34. The summed E-state index contributed by atoms with van der Waals surface area (Å²) in [5, 5.41) is 0. The van der Waals surface area contributed by atoms with Crippen LogP contribution in [0.2, 0.25) is 0 Å². The molecule has 0 aliphatic carbocycles. The first-order valence-corrected chi connectivity index (χ1v) is 5.05. The van der Waals surface area contributed by atoms with Crippen molar-refractivity contribution in [3.05, 3.63) is 48.0 Å². The second kappa shape index (κ2) is 4.14. The van der Waals surface area contributed by atoms with E-state index in [1.54, 1.807) is 0 Å². The van der Waals surface area contributed by atoms with Gasteiger partial charge in [0.05, 0.1) is 5.69 Å². The zero-order chi connectivity index (χ0) is 11.5. The molecular formula is C13H14N2O. The Labute approximate surface area is 94.6 Å². The average molecular weight is 214 g/mol. The van der Waals surface area contributed by atoms with Crippen LogP contribution >= 0.6 is 0 Å². The van der Waals surface area contributed by atoms with E-state index in [0.29, 0.717) is 11.4 Å². The van der Waals surface area contributed by atoms with E-state index in [1.165, 1.54) is 0 Å². The van der Waals surface area contributed by atoms with Gasteiger partial charge in [-0.3, -0.25) is 0 Å². The van der Waals surface area contributed by atoms with Crippen LogP contribution in [-0.2, 0) is 0 Å². The Morgan fingerprint density at radius 3 is 2.38 bits per heavy atom. The fourth-order valence-electron chi connectivity index (χ4n) is 1.48. The largest absolute Gasteiger partial charge is 0.455 e. The SMILES string of the molecule is Cc1cc(N)ccc1Oc1ccccc1N. The number of para-hydroxylation sites is 2. The van der Waals surface area contributed by atoms with Crippen molar-refractivity contribution in [3.8, 4) is 11.5 Å². The number of rotatable bonds is 2. The summed E-state index contributed by atoms with van der Waals surface area (Å²) in [5.41, 5.74) is 13.8. The fourth-order valence-corrected chi connectivity index (χ4v) is 1.48. The third-order valence-electron chi connectivity index (χ3n) is 2.34. The average Bonchev–Trinajstić information content (AvgIpc) is 2.25. The normalized spacial score (nSPS) is 10.1. The summed E-state index contributed by atoms with van der Waals surface area (Å²) in [5.74, 6) is 1.43. The zero-order valence-corrected chi connectivity index (χ0v) is 9.10. The molecule has 0 radical (unpaired) electrons. The van der Waals surface area contributed by atoms with Crippen LogP contribution in [-0.4, -0.2) is 0 Å². The lowest BCUT2D eigenvalue weighted by Crippen LogP contribution is -1.94. The van der Waals surface area contributed by atoms with Gasteiger partial charge in [-0.25, -0.2) is 0 Å². The molecule has 0 atom stereocenters. The minimum Gasteiger partial charge on any atom is -0.455 e. The summed E-state index contributed by atoms with van der Waals surface area (Å²) in [7, 11) is 0. The van der Waals surface area contributed by atoms with E-state index in [9.17, 15) is 0 Å². The highest BCUT2D eigenvalue weighted by Crippen LogP contribution is 2.29. The van der Waals surface area contributed by atoms with Crippen molar-refractivity contribution in [1.82, 2.24) is 0 Å². The van der Waals surface area contributed by atoms with Crippen molar-refractivity contribution in [2.75, 3.05) is 11.5 Å². The van der Waals surface area contributed by atoms with Gasteiger partial charge in [0.15, 0.2) is 0 Å². The van der Waals surface area contributed by atoms with E-state index in [1.807, 2.05) is 49.4 Å². The topological polar surface area (TPSA) is 61.3 Å². The summed E-state index contributed by atoms with van der Waals surface area (Å²) in [6, 6.07) is 12.9. The standard InChI is InChI=1S/C13H14N2O/c1-9-8-10(14)6-7-12(9)16-13-5-3-2-4-11(13)15/h2-8H,14-15H2,1H3. The van der Waals surface area contributed by atoms with Crippen LogP contribution in [0.25, 0.3) is 0 Å². The minimum absolute atomic E-state index is 0.624. The van der Waals surface area contributed by atoms with Crippen LogP contribution in [0.5, 0.6) is 11.5 Å². The Balaban J connectivity index is 2.31. The van der Waals surface area contributed by atoms with E-state index in [2.05, 4.69) is 0 Å². The van der Waals surface area contributed by atoms with Gasteiger partial charge >= 0.3 is 0 Å². The number of aryl methyl sites for hydroxylation is 1. The van der Waals surface area contributed by atoms with Crippen molar-refractivity contribution in [2.24, 2.45) is 0 Å². The Morgan fingerprint density at radius 1 is 0.938 bits per heavy atom. The molecule has 0 bridgehead atoms. The Hall–Kier alpha value is -2.16. The van der Waals surface area contributed by atoms with Crippen molar-refractivity contribution >= 4 is 11.4 Å². The maximum Gasteiger partial charge on any atom is 0.150 e. The summed E-state index contributed by atoms with van der Waals surface area (Å²) < 4.78 is 5.71. The molecule has 0 aliphatic rings. The van der Waals surface area contributed by atoms with E-state index >= 15 is 0 Å². The first kappa shape index (κ1) is 10.4. The number of hydrogen-bond donors (Lipinski definition) is 2. The van der Waals surface area contributed by atoms with Gasteiger partial charge in [-0.15, -0.1) is 0 Å².